The fourth-order valence-electron chi connectivity index (χ4n) is 5.56. The van der Waals surface area contributed by atoms with Gasteiger partial charge in [0, 0.05) is 54.6 Å². The van der Waals surface area contributed by atoms with E-state index in [1.165, 1.54) is 37.1 Å². The van der Waals surface area contributed by atoms with E-state index in [0.29, 0.717) is 50.3 Å². The first kappa shape index (κ1) is 51.4. The summed E-state index contributed by atoms with van der Waals surface area (Å²) in [5.74, 6) is 5.36. The summed E-state index contributed by atoms with van der Waals surface area (Å²) >= 11 is 0. The zero-order valence-corrected chi connectivity index (χ0v) is 34.8. The van der Waals surface area contributed by atoms with Gasteiger partial charge >= 0.3 is 23.3 Å². The average Bonchev–Trinajstić information content (AvgIpc) is 3.19. The molecule has 0 radical (unpaired) electrons. The average molecular weight is 829 g/mol. The van der Waals surface area contributed by atoms with Crippen LogP contribution < -0.4 is 22.5 Å². The number of aliphatic hydroxyl groups is 3. The van der Waals surface area contributed by atoms with Crippen molar-refractivity contribution in [1.29, 1.82) is 0 Å². The van der Waals surface area contributed by atoms with Crippen molar-refractivity contribution >= 4 is 34.3 Å². The van der Waals surface area contributed by atoms with E-state index in [9.17, 15) is 39.0 Å². The first-order valence-electron chi connectivity index (χ1n) is 18.9. The largest absolute Gasteiger partial charge is 0.466 e. The van der Waals surface area contributed by atoms with E-state index in [4.69, 9.17) is 14.6 Å². The number of carbonyl (C=O) groups is 2. The Bertz CT molecular complexity index is 2350. The van der Waals surface area contributed by atoms with Gasteiger partial charge in [0.05, 0.1) is 37.8 Å². The number of ether oxygens (including phenoxy) is 2. The Kier molecular flexibility index (Phi) is 21.8. The number of hydrogen-bond donors (Lipinski definition) is 3. The van der Waals surface area contributed by atoms with Crippen LogP contribution in [0.5, 0.6) is 0 Å². The van der Waals surface area contributed by atoms with E-state index in [1.807, 2.05) is 27.7 Å². The molecule has 19 heteroatoms. The maximum absolute atomic E-state index is 12.6. The SMILES string of the molecule is C.CC(=O)OCCCC#Cc1nc2c(=O)n(C)c(=O)n(CC(C)C)c2nc1CO.CC(=O)OCCCCCc1nc2c(=O)n(C)c(=O)n(CC(C)C)c2nc1CO.CO. The van der Waals surface area contributed by atoms with E-state index in [0.717, 1.165) is 35.5 Å². The second-order valence-corrected chi connectivity index (χ2v) is 14.0. The van der Waals surface area contributed by atoms with E-state index < -0.39 is 29.1 Å². The molecule has 0 saturated carbocycles. The van der Waals surface area contributed by atoms with Crippen LogP contribution in [0.25, 0.3) is 22.3 Å². The Labute approximate surface area is 342 Å². The standard InChI is InChI=1S/C19H28N4O5.C19H24N4O5.CH4O.CH4/c2*1-12(2)10-23-17-16(18(26)22(4)19(23)27)20-14(15(11-24)21-17)8-6-5-7-9-28-13(3)25;1-2;/h12,24H,5-11H2,1-4H3;12,24H,5,7,9-11H2,1-4H3;2H,1H3;1H4. The summed E-state index contributed by atoms with van der Waals surface area (Å²) in [6.07, 6.45) is 3.82. The van der Waals surface area contributed by atoms with Gasteiger partial charge in [-0.25, -0.2) is 29.5 Å². The van der Waals surface area contributed by atoms with Crippen LogP contribution in [0, 0.1) is 23.7 Å². The molecule has 326 valence electrons. The Morgan fingerprint density at radius 2 is 1.12 bits per heavy atom. The molecular weight excluding hydrogens is 768 g/mol. The molecule has 0 amide bonds. The molecule has 4 aromatic heterocycles. The number of hydrogen-bond acceptors (Lipinski definition) is 15. The van der Waals surface area contributed by atoms with Crippen molar-refractivity contribution < 1.29 is 34.4 Å². The molecule has 19 nitrogen and oxygen atoms in total. The minimum atomic E-state index is -0.560. The molecule has 0 saturated heterocycles. The quantitative estimate of drug-likeness (QED) is 0.0872. The molecule has 59 heavy (non-hydrogen) atoms. The highest BCUT2D eigenvalue weighted by Crippen LogP contribution is 2.15. The number of carbonyl (C=O) groups excluding carboxylic acids is 2. The molecule has 3 N–H and O–H groups in total. The summed E-state index contributed by atoms with van der Waals surface area (Å²) in [6.45, 7) is 11.2. The molecule has 0 aliphatic carbocycles. The highest BCUT2D eigenvalue weighted by Gasteiger charge is 2.19. The third-order valence-electron chi connectivity index (χ3n) is 8.26. The second-order valence-electron chi connectivity index (χ2n) is 14.0. The third-order valence-corrected chi connectivity index (χ3v) is 8.26. The molecule has 0 aromatic carbocycles. The summed E-state index contributed by atoms with van der Waals surface area (Å²) in [4.78, 5) is 89.0. The zero-order valence-electron chi connectivity index (χ0n) is 34.8. The van der Waals surface area contributed by atoms with Crippen LogP contribution in [0.2, 0.25) is 0 Å². The van der Waals surface area contributed by atoms with E-state index in [2.05, 4.69) is 31.8 Å². The summed E-state index contributed by atoms with van der Waals surface area (Å²) < 4.78 is 14.6. The molecule has 4 aromatic rings. The molecule has 0 spiro atoms. The summed E-state index contributed by atoms with van der Waals surface area (Å²) in [7, 11) is 3.82. The maximum Gasteiger partial charge on any atom is 0.332 e. The Hall–Kier alpha value is -5.58. The van der Waals surface area contributed by atoms with Crippen molar-refractivity contribution in [2.75, 3.05) is 20.3 Å². The molecule has 0 atom stereocenters. The van der Waals surface area contributed by atoms with E-state index >= 15 is 0 Å². The molecule has 0 aliphatic heterocycles. The molecule has 0 unspecified atom stereocenters. The number of esters is 2. The van der Waals surface area contributed by atoms with Crippen molar-refractivity contribution in [3.05, 3.63) is 64.5 Å². The monoisotopic (exact) mass is 828 g/mol. The Morgan fingerprint density at radius 1 is 0.661 bits per heavy atom. The normalized spacial score (nSPS) is 10.6. The Balaban J connectivity index is 0.000000557. The molecule has 4 rings (SSSR count). The van der Waals surface area contributed by atoms with Gasteiger partial charge in [-0.15, -0.1) is 0 Å². The number of rotatable bonds is 15. The minimum Gasteiger partial charge on any atom is -0.466 e. The number of aromatic nitrogens is 8. The van der Waals surface area contributed by atoms with Gasteiger partial charge in [0.25, 0.3) is 11.1 Å². The highest BCUT2D eigenvalue weighted by atomic mass is 16.5. The number of fused-ring (bicyclic) bond motifs is 2. The van der Waals surface area contributed by atoms with Crippen LogP contribution in [-0.2, 0) is 65.9 Å². The second kappa shape index (κ2) is 25.0. The summed E-state index contributed by atoms with van der Waals surface area (Å²) in [5.41, 5.74) is -0.138. The van der Waals surface area contributed by atoms with Gasteiger partial charge in [-0.2, -0.15) is 0 Å². The molecule has 0 bridgehead atoms. The smallest absolute Gasteiger partial charge is 0.332 e. The molecule has 0 fully saturated rings. The number of aryl methyl sites for hydroxylation is 1. The molecular formula is C40H60N8O11. The predicted octanol–water partition coefficient (Wildman–Crippen LogP) is 1.49. The van der Waals surface area contributed by atoms with Crippen molar-refractivity contribution in [3.8, 4) is 11.8 Å². The van der Waals surface area contributed by atoms with E-state index in [-0.39, 0.29) is 78.1 Å². The van der Waals surface area contributed by atoms with Crippen molar-refractivity contribution in [1.82, 2.24) is 38.2 Å². The van der Waals surface area contributed by atoms with Crippen molar-refractivity contribution in [2.45, 2.75) is 114 Å². The van der Waals surface area contributed by atoms with Crippen molar-refractivity contribution in [2.24, 2.45) is 25.9 Å². The third kappa shape index (κ3) is 14.3. The van der Waals surface area contributed by atoms with Gasteiger partial charge < -0.3 is 24.8 Å². The van der Waals surface area contributed by atoms with Crippen LogP contribution >= 0.6 is 0 Å². The Morgan fingerprint density at radius 3 is 1.58 bits per heavy atom. The molecule has 4 heterocycles. The maximum atomic E-state index is 12.6. The van der Waals surface area contributed by atoms with Gasteiger partial charge in [-0.1, -0.05) is 41.0 Å². The first-order valence-corrected chi connectivity index (χ1v) is 18.9. The zero-order chi connectivity index (χ0) is 43.7. The minimum absolute atomic E-state index is 0. The van der Waals surface area contributed by atoms with Gasteiger partial charge in [0.15, 0.2) is 22.3 Å². The van der Waals surface area contributed by atoms with Crippen LogP contribution in [0.15, 0.2) is 19.2 Å². The van der Waals surface area contributed by atoms with Gasteiger partial charge in [0.1, 0.15) is 11.4 Å². The van der Waals surface area contributed by atoms with Gasteiger partial charge in [0.2, 0.25) is 0 Å². The van der Waals surface area contributed by atoms with E-state index in [1.54, 1.807) is 0 Å². The lowest BCUT2D eigenvalue weighted by Gasteiger charge is -2.15. The lowest BCUT2D eigenvalue weighted by atomic mass is 10.1. The first-order chi connectivity index (χ1) is 27.5. The highest BCUT2D eigenvalue weighted by molar-refractivity contribution is 5.71. The van der Waals surface area contributed by atoms with Gasteiger partial charge in [-0.05, 0) is 49.9 Å². The van der Waals surface area contributed by atoms with Crippen LogP contribution in [0.1, 0.15) is 104 Å². The predicted molar refractivity (Wildman–Crippen MR) is 221 cm³/mol. The summed E-state index contributed by atoms with van der Waals surface area (Å²) in [5, 5.41) is 26.4. The van der Waals surface area contributed by atoms with Crippen molar-refractivity contribution in [3.63, 3.8) is 0 Å². The van der Waals surface area contributed by atoms with Gasteiger partial charge in [-0.3, -0.25) is 37.4 Å². The number of nitrogens with zero attached hydrogens (tertiary/aromatic N) is 8. The van der Waals surface area contributed by atoms with Crippen LogP contribution in [-0.4, -0.2) is 85.8 Å². The molecule has 0 aliphatic rings. The fourth-order valence-corrected chi connectivity index (χ4v) is 5.56. The lowest BCUT2D eigenvalue weighted by molar-refractivity contribution is -0.142. The fraction of sp³-hybridized carbons (Fsp3) is 0.600. The van der Waals surface area contributed by atoms with Crippen LogP contribution in [0.3, 0.4) is 0 Å². The topological polar surface area (TPSA) is 253 Å². The number of unbranched alkanes of at least 4 members (excludes halogenated alkanes) is 3. The van der Waals surface area contributed by atoms with Crippen LogP contribution in [0.4, 0.5) is 0 Å². The lowest BCUT2D eigenvalue weighted by Crippen LogP contribution is -2.40. The number of aliphatic hydroxyl groups excluding tert-OH is 3. The summed E-state index contributed by atoms with van der Waals surface area (Å²) in [6, 6.07) is 0.